The zero-order chi connectivity index (χ0) is 3.54. The largest absolute Gasteiger partial charge is 0.343 e. The lowest BCUT2D eigenvalue weighted by Gasteiger charge is -1.45. The van der Waals surface area contributed by atoms with Crippen molar-refractivity contribution in [3.63, 3.8) is 0 Å². The first-order valence-electron chi connectivity index (χ1n) is 1.19. The molecule has 0 fully saturated rings. The Hall–Kier alpha value is -0.570. The van der Waals surface area contributed by atoms with Crippen molar-refractivity contribution in [3.8, 4) is 0 Å². The molecular formula is C2H3ClN2O. The van der Waals surface area contributed by atoms with Crippen molar-refractivity contribution in [1.29, 1.82) is 0 Å². The van der Waals surface area contributed by atoms with Gasteiger partial charge in [0, 0.05) is 0 Å². The molecule has 3 nitrogen and oxygen atoms in total. The molecular weight excluding hydrogens is 103 g/mol. The molecule has 0 N–H and O–H groups in total. The van der Waals surface area contributed by atoms with Crippen LogP contribution in [0.15, 0.2) is 17.2 Å². The summed E-state index contributed by atoms with van der Waals surface area (Å²) < 4.78 is 4.22. The van der Waals surface area contributed by atoms with E-state index in [0.29, 0.717) is 0 Å². The Kier molecular flexibility index (Phi) is 2.40. The van der Waals surface area contributed by atoms with Crippen LogP contribution in [0.1, 0.15) is 0 Å². The molecule has 0 spiro atoms. The maximum atomic E-state index is 4.22. The predicted molar refractivity (Wildman–Crippen MR) is 21.5 cm³/mol. The highest BCUT2D eigenvalue weighted by Crippen LogP contribution is 1.62. The summed E-state index contributed by atoms with van der Waals surface area (Å²) in [5.74, 6) is 0. The molecule has 4 heteroatoms. The Labute approximate surface area is 40.8 Å². The highest BCUT2D eigenvalue weighted by atomic mass is 35.5. The van der Waals surface area contributed by atoms with Gasteiger partial charge in [-0.2, -0.15) is 0 Å². The maximum Gasteiger partial charge on any atom is 0.213 e. The minimum Gasteiger partial charge on any atom is -0.343 e. The van der Waals surface area contributed by atoms with Crippen molar-refractivity contribution in [2.45, 2.75) is 0 Å². The van der Waals surface area contributed by atoms with Crippen LogP contribution in [0.5, 0.6) is 0 Å². The van der Waals surface area contributed by atoms with E-state index in [1.807, 2.05) is 0 Å². The fraction of sp³-hybridized carbons (Fsp3) is 0. The van der Waals surface area contributed by atoms with Crippen molar-refractivity contribution in [2.24, 2.45) is 0 Å². The van der Waals surface area contributed by atoms with Gasteiger partial charge in [0.15, 0.2) is 6.33 Å². The van der Waals surface area contributed by atoms with Gasteiger partial charge in [-0.05, 0) is 0 Å². The van der Waals surface area contributed by atoms with E-state index in [2.05, 4.69) is 14.7 Å². The highest BCUT2D eigenvalue weighted by molar-refractivity contribution is 5.85. The summed E-state index contributed by atoms with van der Waals surface area (Å²) in [6.07, 6.45) is 2.60. The second kappa shape index (κ2) is 2.66. The molecule has 0 unspecified atom stereocenters. The molecule has 1 rings (SSSR count). The number of hydrogen-bond acceptors (Lipinski definition) is 3. The molecule has 0 saturated heterocycles. The second-order valence-electron chi connectivity index (χ2n) is 0.581. The van der Waals surface area contributed by atoms with Crippen LogP contribution in [-0.2, 0) is 0 Å². The molecule has 1 aromatic heterocycles. The van der Waals surface area contributed by atoms with Gasteiger partial charge in [-0.1, -0.05) is 5.16 Å². The van der Waals surface area contributed by atoms with Gasteiger partial charge >= 0.3 is 0 Å². The number of aromatic nitrogens is 2. The lowest BCUT2D eigenvalue weighted by atomic mass is 11.3. The van der Waals surface area contributed by atoms with Gasteiger partial charge in [-0.15, -0.1) is 12.4 Å². The maximum absolute atomic E-state index is 4.22. The summed E-state index contributed by atoms with van der Waals surface area (Å²) in [6.45, 7) is 0. The van der Waals surface area contributed by atoms with E-state index in [4.69, 9.17) is 0 Å². The summed E-state index contributed by atoms with van der Waals surface area (Å²) in [5, 5.41) is 3.24. The van der Waals surface area contributed by atoms with Crippen LogP contribution < -0.4 is 0 Å². The Balaban J connectivity index is 0.000000250. The Morgan fingerprint density at radius 2 is 2.33 bits per heavy atom. The lowest BCUT2D eigenvalue weighted by Crippen LogP contribution is -1.44. The van der Waals surface area contributed by atoms with Gasteiger partial charge < -0.3 is 4.52 Å². The molecule has 0 aromatic carbocycles. The topological polar surface area (TPSA) is 38.9 Å². The molecule has 0 aliphatic heterocycles. The number of nitrogens with zero attached hydrogens (tertiary/aromatic N) is 2. The molecule has 0 amide bonds. The Bertz CT molecular complexity index is 68.0. The van der Waals surface area contributed by atoms with E-state index in [0.717, 1.165) is 0 Å². The molecule has 0 aliphatic rings. The average molecular weight is 107 g/mol. The standard InChI is InChI=1S/C2H2N2O.ClH/c1-3-2-5-4-1;/h1-2H;1H. The summed E-state index contributed by atoms with van der Waals surface area (Å²) >= 11 is 0. The first kappa shape index (κ1) is 5.43. The van der Waals surface area contributed by atoms with Crippen molar-refractivity contribution < 1.29 is 4.52 Å². The number of halogens is 1. The van der Waals surface area contributed by atoms with Crippen LogP contribution in [0, 0.1) is 0 Å². The molecule has 0 saturated carbocycles. The van der Waals surface area contributed by atoms with Gasteiger partial charge in [0.05, 0.1) is 0 Å². The molecule has 0 atom stereocenters. The average Bonchev–Trinajstić information content (AvgIpc) is 1.76. The molecule has 6 heavy (non-hydrogen) atoms. The summed E-state index contributed by atoms with van der Waals surface area (Å²) in [6, 6.07) is 0. The van der Waals surface area contributed by atoms with Crippen molar-refractivity contribution in [2.75, 3.05) is 0 Å². The summed E-state index contributed by atoms with van der Waals surface area (Å²) in [7, 11) is 0. The van der Waals surface area contributed by atoms with E-state index in [1.54, 1.807) is 0 Å². The monoisotopic (exact) mass is 106 g/mol. The fourth-order valence-electron chi connectivity index (χ4n) is 0.136. The summed E-state index contributed by atoms with van der Waals surface area (Å²) in [4.78, 5) is 3.44. The van der Waals surface area contributed by atoms with Crippen LogP contribution in [0.3, 0.4) is 0 Å². The third-order valence-electron chi connectivity index (χ3n) is 0.283. The number of hydrogen-bond donors (Lipinski definition) is 0. The molecule has 0 aliphatic carbocycles. The zero-order valence-electron chi connectivity index (χ0n) is 2.87. The third kappa shape index (κ3) is 1.03. The molecule has 0 radical (unpaired) electrons. The minimum absolute atomic E-state index is 0. The van der Waals surface area contributed by atoms with Crippen LogP contribution >= 0.6 is 12.4 Å². The first-order valence-corrected chi connectivity index (χ1v) is 1.19. The molecule has 0 bridgehead atoms. The predicted octanol–water partition coefficient (Wildman–Crippen LogP) is 0.491. The highest BCUT2D eigenvalue weighted by Gasteiger charge is 1.60. The van der Waals surface area contributed by atoms with E-state index in [1.165, 1.54) is 12.7 Å². The summed E-state index contributed by atoms with van der Waals surface area (Å²) in [5.41, 5.74) is 0. The fourth-order valence-corrected chi connectivity index (χ4v) is 0.136. The Morgan fingerprint density at radius 1 is 1.50 bits per heavy atom. The second-order valence-corrected chi connectivity index (χ2v) is 0.581. The van der Waals surface area contributed by atoms with Crippen LogP contribution in [0.4, 0.5) is 0 Å². The van der Waals surface area contributed by atoms with E-state index in [9.17, 15) is 0 Å². The van der Waals surface area contributed by atoms with Gasteiger partial charge in [0.1, 0.15) is 0 Å². The normalized spacial score (nSPS) is 6.67. The van der Waals surface area contributed by atoms with Crippen LogP contribution in [-0.4, -0.2) is 10.1 Å². The lowest BCUT2D eigenvalue weighted by molar-refractivity contribution is 0.416. The van der Waals surface area contributed by atoms with Gasteiger partial charge in [0.2, 0.25) is 6.39 Å². The van der Waals surface area contributed by atoms with Crippen molar-refractivity contribution in [1.82, 2.24) is 10.1 Å². The number of rotatable bonds is 0. The van der Waals surface area contributed by atoms with E-state index in [-0.39, 0.29) is 12.4 Å². The van der Waals surface area contributed by atoms with E-state index < -0.39 is 0 Å². The molecule has 1 heterocycles. The van der Waals surface area contributed by atoms with Crippen LogP contribution in [0.2, 0.25) is 0 Å². The first-order chi connectivity index (χ1) is 2.50. The quantitative estimate of drug-likeness (QED) is 0.483. The van der Waals surface area contributed by atoms with Crippen molar-refractivity contribution >= 4 is 12.4 Å². The van der Waals surface area contributed by atoms with Gasteiger partial charge in [-0.25, -0.2) is 4.98 Å². The SMILES string of the molecule is Cl.c1ncon1. The van der Waals surface area contributed by atoms with Crippen molar-refractivity contribution in [3.05, 3.63) is 12.7 Å². The smallest absolute Gasteiger partial charge is 0.213 e. The third-order valence-corrected chi connectivity index (χ3v) is 0.283. The molecule has 34 valence electrons. The van der Waals surface area contributed by atoms with Gasteiger partial charge in [0.25, 0.3) is 0 Å². The van der Waals surface area contributed by atoms with Crippen LogP contribution in [0.25, 0.3) is 0 Å². The minimum atomic E-state index is 0. The van der Waals surface area contributed by atoms with E-state index >= 15 is 0 Å². The van der Waals surface area contributed by atoms with Gasteiger partial charge in [-0.3, -0.25) is 0 Å². The molecule has 1 aromatic rings. The Morgan fingerprint density at radius 3 is 2.50 bits per heavy atom. The zero-order valence-corrected chi connectivity index (χ0v) is 3.68.